The van der Waals surface area contributed by atoms with Crippen LogP contribution in [0.4, 0.5) is 19.0 Å². The minimum Gasteiger partial charge on any atom is -0.406 e. The van der Waals surface area contributed by atoms with Crippen molar-refractivity contribution in [3.05, 3.63) is 77.8 Å². The first-order valence-corrected chi connectivity index (χ1v) is 13.2. The van der Waals surface area contributed by atoms with Gasteiger partial charge in [0.1, 0.15) is 11.6 Å². The fraction of sp³-hybridized carbons (Fsp3) is 0.333. The maximum Gasteiger partial charge on any atom is 0.573 e. The molecule has 0 bridgehead atoms. The lowest BCUT2D eigenvalue weighted by molar-refractivity contribution is -0.274. The zero-order valence-corrected chi connectivity index (χ0v) is 21.1. The summed E-state index contributed by atoms with van der Waals surface area (Å²) in [4.78, 5) is 12.8. The van der Waals surface area contributed by atoms with E-state index >= 15 is 0 Å². The highest BCUT2D eigenvalue weighted by atomic mass is 32.2. The number of rotatable bonds is 6. The number of alkyl halides is 3. The van der Waals surface area contributed by atoms with Crippen molar-refractivity contribution >= 4 is 29.5 Å². The van der Waals surface area contributed by atoms with Crippen LogP contribution in [0.15, 0.2) is 70.8 Å². The van der Waals surface area contributed by atoms with Crippen molar-refractivity contribution in [3.8, 4) is 5.75 Å². The van der Waals surface area contributed by atoms with Crippen LogP contribution in [0.25, 0.3) is 5.70 Å². The van der Waals surface area contributed by atoms with Gasteiger partial charge in [0.2, 0.25) is 0 Å². The van der Waals surface area contributed by atoms with Crippen LogP contribution < -0.4 is 4.74 Å². The summed E-state index contributed by atoms with van der Waals surface area (Å²) in [5.41, 5.74) is 3.88. The second kappa shape index (κ2) is 11.0. The van der Waals surface area contributed by atoms with Crippen LogP contribution in [0.3, 0.4) is 0 Å². The Kier molecular flexibility index (Phi) is 7.57. The largest absolute Gasteiger partial charge is 0.573 e. The van der Waals surface area contributed by atoms with Crippen LogP contribution in [-0.4, -0.2) is 53.0 Å². The third-order valence-corrected chi connectivity index (χ3v) is 7.07. The maximum absolute atomic E-state index is 12.6. The van der Waals surface area contributed by atoms with Crippen molar-refractivity contribution in [1.29, 1.82) is 0 Å². The summed E-state index contributed by atoms with van der Waals surface area (Å²) < 4.78 is 49.8. The van der Waals surface area contributed by atoms with E-state index in [4.69, 9.17) is 9.73 Å². The van der Waals surface area contributed by atoms with Crippen LogP contribution in [-0.2, 0) is 11.3 Å². The van der Waals surface area contributed by atoms with E-state index in [2.05, 4.69) is 37.4 Å². The second-order valence-electron chi connectivity index (χ2n) is 8.75. The molecule has 4 heterocycles. The molecule has 1 aromatic carbocycles. The summed E-state index contributed by atoms with van der Waals surface area (Å²) in [6.07, 6.45) is 7.04. The molecule has 1 fully saturated rings. The lowest BCUT2D eigenvalue weighted by Gasteiger charge is -2.39. The quantitative estimate of drug-likeness (QED) is 0.344. The highest BCUT2D eigenvalue weighted by Crippen LogP contribution is 2.38. The average molecular weight is 529 g/mol. The van der Waals surface area contributed by atoms with Crippen molar-refractivity contribution in [2.75, 3.05) is 26.0 Å². The van der Waals surface area contributed by atoms with E-state index in [1.165, 1.54) is 12.1 Å². The lowest BCUT2D eigenvalue weighted by Crippen LogP contribution is -2.38. The van der Waals surface area contributed by atoms with Crippen LogP contribution in [0.2, 0.25) is 0 Å². The molecule has 37 heavy (non-hydrogen) atoms. The third kappa shape index (κ3) is 6.02. The first-order valence-electron chi connectivity index (χ1n) is 12.0. The first kappa shape index (κ1) is 25.4. The van der Waals surface area contributed by atoms with E-state index in [1.54, 1.807) is 23.9 Å². The SMILES string of the molecule is CSc1ccc(Cn2ccc3c2N=CCCC=C3N2CCOC[C@@H]2c2ccc(OC(F)(F)F)cc2)nc1. The van der Waals surface area contributed by atoms with Gasteiger partial charge < -0.3 is 18.9 Å². The topological polar surface area (TPSA) is 51.9 Å². The summed E-state index contributed by atoms with van der Waals surface area (Å²) in [7, 11) is 0. The number of aliphatic imine (C=N–C) groups is 1. The minimum atomic E-state index is -4.72. The van der Waals surface area contributed by atoms with Gasteiger partial charge in [0.25, 0.3) is 0 Å². The van der Waals surface area contributed by atoms with Crippen LogP contribution in [0, 0.1) is 0 Å². The summed E-state index contributed by atoms with van der Waals surface area (Å²) in [6.45, 7) is 2.25. The van der Waals surface area contributed by atoms with E-state index in [0.717, 1.165) is 46.1 Å². The van der Waals surface area contributed by atoms with Crippen LogP contribution >= 0.6 is 11.8 Å². The van der Waals surface area contributed by atoms with E-state index in [0.29, 0.717) is 26.3 Å². The highest BCUT2D eigenvalue weighted by molar-refractivity contribution is 7.98. The number of nitrogens with zero attached hydrogens (tertiary/aromatic N) is 4. The molecule has 0 N–H and O–H groups in total. The number of fused-ring (bicyclic) bond motifs is 1. The van der Waals surface area contributed by atoms with Gasteiger partial charge in [-0.05, 0) is 55.0 Å². The van der Waals surface area contributed by atoms with Crippen molar-refractivity contribution in [1.82, 2.24) is 14.5 Å². The Bertz CT molecular complexity index is 1270. The van der Waals surface area contributed by atoms with Gasteiger partial charge >= 0.3 is 6.36 Å². The number of benzene rings is 1. The molecule has 1 saturated heterocycles. The number of halogens is 3. The number of hydrogen-bond donors (Lipinski definition) is 0. The number of ether oxygens (including phenoxy) is 2. The van der Waals surface area contributed by atoms with Gasteiger partial charge in [-0.1, -0.05) is 18.2 Å². The summed E-state index contributed by atoms with van der Waals surface area (Å²) >= 11 is 1.66. The molecule has 0 spiro atoms. The van der Waals surface area contributed by atoms with Crippen molar-refractivity contribution < 1.29 is 22.6 Å². The van der Waals surface area contributed by atoms with Gasteiger partial charge in [0, 0.05) is 41.3 Å². The first-order chi connectivity index (χ1) is 17.9. The fourth-order valence-electron chi connectivity index (χ4n) is 4.62. The Balaban J connectivity index is 1.44. The molecule has 2 aliphatic heterocycles. The standard InChI is InChI=1S/C27H27F3N4O2S/c1-37-22-10-7-20(32-16-22)17-33-13-11-23-24(4-2-3-12-31-26(23)33)34-14-15-35-18-25(34)19-5-8-21(9-6-19)36-27(28,29)30/h4-13,16,25H,2-3,14-15,17-18H2,1H3/t25-/m1/s1. The Labute approximate surface area is 217 Å². The summed E-state index contributed by atoms with van der Waals surface area (Å²) in [5, 5.41) is 0. The highest BCUT2D eigenvalue weighted by Gasteiger charge is 2.32. The molecule has 0 unspecified atom stereocenters. The fourth-order valence-corrected chi connectivity index (χ4v) is 4.98. The predicted octanol–water partition coefficient (Wildman–Crippen LogP) is 6.46. The van der Waals surface area contributed by atoms with Gasteiger partial charge in [-0.15, -0.1) is 24.9 Å². The molecule has 0 aliphatic carbocycles. The molecule has 194 valence electrons. The van der Waals surface area contributed by atoms with E-state index < -0.39 is 6.36 Å². The lowest BCUT2D eigenvalue weighted by atomic mass is 10.0. The Morgan fingerprint density at radius 2 is 1.95 bits per heavy atom. The monoisotopic (exact) mass is 528 g/mol. The number of morpholine rings is 1. The number of allylic oxidation sites excluding steroid dienone is 1. The third-order valence-electron chi connectivity index (χ3n) is 6.36. The molecule has 1 atom stereocenters. The van der Waals surface area contributed by atoms with Crippen molar-refractivity contribution in [3.63, 3.8) is 0 Å². The van der Waals surface area contributed by atoms with E-state index in [9.17, 15) is 13.2 Å². The molecule has 5 rings (SSSR count). The molecule has 2 aliphatic rings. The maximum atomic E-state index is 12.6. The molecule has 0 amide bonds. The molecule has 6 nitrogen and oxygen atoms in total. The van der Waals surface area contributed by atoms with Gasteiger partial charge in [0.05, 0.1) is 31.5 Å². The predicted molar refractivity (Wildman–Crippen MR) is 138 cm³/mol. The molecular weight excluding hydrogens is 501 g/mol. The van der Waals surface area contributed by atoms with Crippen LogP contribution in [0.5, 0.6) is 5.75 Å². The molecule has 2 aromatic heterocycles. The smallest absolute Gasteiger partial charge is 0.406 e. The molecule has 0 saturated carbocycles. The van der Waals surface area contributed by atoms with Crippen molar-refractivity contribution in [2.45, 2.75) is 36.7 Å². The van der Waals surface area contributed by atoms with Gasteiger partial charge in [-0.25, -0.2) is 4.99 Å². The average Bonchev–Trinajstić information content (AvgIpc) is 3.25. The summed E-state index contributed by atoms with van der Waals surface area (Å²) in [5.74, 6) is 0.624. The Morgan fingerprint density at radius 1 is 1.11 bits per heavy atom. The zero-order chi connectivity index (χ0) is 25.8. The minimum absolute atomic E-state index is 0.153. The number of thioether (sulfide) groups is 1. The van der Waals surface area contributed by atoms with Crippen molar-refractivity contribution in [2.24, 2.45) is 4.99 Å². The van der Waals surface area contributed by atoms with Gasteiger partial charge in [-0.3, -0.25) is 4.98 Å². The molecule has 3 aromatic rings. The number of hydrogen-bond acceptors (Lipinski definition) is 6. The molecule has 0 radical (unpaired) electrons. The number of pyridine rings is 1. The van der Waals surface area contributed by atoms with Crippen LogP contribution in [0.1, 0.15) is 35.7 Å². The zero-order valence-electron chi connectivity index (χ0n) is 20.3. The normalized spacial score (nSPS) is 18.1. The second-order valence-corrected chi connectivity index (χ2v) is 9.63. The molecule has 10 heteroatoms. The van der Waals surface area contributed by atoms with Gasteiger partial charge in [-0.2, -0.15) is 0 Å². The Morgan fingerprint density at radius 3 is 2.68 bits per heavy atom. The Hall–Kier alpha value is -3.24. The summed E-state index contributed by atoms with van der Waals surface area (Å²) in [6, 6.07) is 12.1. The van der Waals surface area contributed by atoms with E-state index in [1.807, 2.05) is 30.9 Å². The van der Waals surface area contributed by atoms with Gasteiger partial charge in [0.15, 0.2) is 0 Å². The van der Waals surface area contributed by atoms with E-state index in [-0.39, 0.29) is 11.8 Å². The number of aromatic nitrogens is 2. The molecular formula is C27H27F3N4O2S.